The largest absolute Gasteiger partial charge is 0.460 e. The molecular weight excluding hydrogens is 286 g/mol. The van der Waals surface area contributed by atoms with Crippen molar-refractivity contribution in [1.82, 2.24) is 5.32 Å². The molecule has 0 rings (SSSR count). The van der Waals surface area contributed by atoms with Gasteiger partial charge in [0.1, 0.15) is 0 Å². The fourth-order valence-corrected chi connectivity index (χ4v) is 1.14. The number of amides is 1. The molecule has 1 amide bonds. The van der Waals surface area contributed by atoms with Crippen LogP contribution in [0.2, 0.25) is 0 Å². The number of aliphatic hydroxyl groups is 1. The number of carbonyl (C=O) groups excluding carboxylic acids is 2. The molecule has 0 spiro atoms. The second kappa shape index (κ2) is 16.0. The monoisotopic (exact) mass is 317 g/mol. The van der Waals surface area contributed by atoms with E-state index in [0.29, 0.717) is 0 Å². The highest BCUT2D eigenvalue weighted by Crippen LogP contribution is 1.92. The Morgan fingerprint density at radius 2 is 1.68 bits per heavy atom. The first-order valence-electron chi connectivity index (χ1n) is 7.78. The number of hydrogen-bond donors (Lipinski definition) is 2. The normalized spacial score (nSPS) is 11.2. The average molecular weight is 317 g/mol. The van der Waals surface area contributed by atoms with Crippen LogP contribution in [0.25, 0.3) is 0 Å². The molecule has 130 valence electrons. The first-order chi connectivity index (χ1) is 10.4. The molecule has 0 aromatic heterocycles. The van der Waals surface area contributed by atoms with Crippen LogP contribution in [0.3, 0.4) is 0 Å². The van der Waals surface area contributed by atoms with Gasteiger partial charge in [0.05, 0.1) is 6.10 Å². The molecule has 0 aliphatic carbocycles. The highest BCUT2D eigenvalue weighted by atomic mass is 16.6. The van der Waals surface area contributed by atoms with E-state index in [2.05, 4.69) is 25.2 Å². The zero-order valence-electron chi connectivity index (χ0n) is 14.3. The number of unbranched alkanes of at least 4 members (excludes halogenated alkanes) is 2. The number of ether oxygens (including phenoxy) is 2. The van der Waals surface area contributed by atoms with Crippen molar-refractivity contribution in [2.75, 3.05) is 13.2 Å². The van der Waals surface area contributed by atoms with Gasteiger partial charge in [-0.3, -0.25) is 4.79 Å². The molecule has 22 heavy (non-hydrogen) atoms. The molecular formula is C16H31NO5. The summed E-state index contributed by atoms with van der Waals surface area (Å²) in [6.45, 7) is 12.7. The lowest BCUT2D eigenvalue weighted by Crippen LogP contribution is -2.41. The zero-order valence-corrected chi connectivity index (χ0v) is 14.3. The van der Waals surface area contributed by atoms with Gasteiger partial charge in [-0.15, -0.1) is 0 Å². The van der Waals surface area contributed by atoms with Crippen LogP contribution in [-0.2, 0) is 19.1 Å². The van der Waals surface area contributed by atoms with Crippen LogP contribution in [0, 0.1) is 0 Å². The molecule has 6 nitrogen and oxygen atoms in total. The first-order valence-corrected chi connectivity index (χ1v) is 7.78. The van der Waals surface area contributed by atoms with Crippen molar-refractivity contribution in [2.45, 2.75) is 65.7 Å². The maximum absolute atomic E-state index is 10.9. The van der Waals surface area contributed by atoms with Crippen molar-refractivity contribution < 1.29 is 24.2 Å². The molecule has 6 heteroatoms. The van der Waals surface area contributed by atoms with Crippen molar-refractivity contribution in [1.29, 1.82) is 0 Å². The van der Waals surface area contributed by atoms with Crippen LogP contribution in [0.5, 0.6) is 0 Å². The van der Waals surface area contributed by atoms with Crippen molar-refractivity contribution >= 4 is 11.9 Å². The molecule has 0 aliphatic rings. The Morgan fingerprint density at radius 3 is 2.05 bits per heavy atom. The Bertz CT molecular complexity index is 299. The minimum atomic E-state index is -1.63. The number of nitrogens with one attached hydrogen (secondary N) is 1. The number of carbonyl (C=O) groups is 2. The van der Waals surface area contributed by atoms with E-state index in [0.717, 1.165) is 19.3 Å². The minimum Gasteiger partial charge on any atom is -0.460 e. The summed E-state index contributed by atoms with van der Waals surface area (Å²) < 4.78 is 9.93. The maximum Gasteiger partial charge on any atom is 0.356 e. The van der Waals surface area contributed by atoms with Crippen LogP contribution < -0.4 is 5.32 Å². The standard InChI is InChI=1S/C8H13NO4.C8H18O/c1-4-6(10)9-7(11)8(12)13-5(2)3;1-3-5-7-9-8-6-4-2/h4-5,7,11H,1H2,2-3H3,(H,9,10);3-8H2,1-2H3. The van der Waals surface area contributed by atoms with Gasteiger partial charge in [0.25, 0.3) is 0 Å². The molecule has 2 N–H and O–H groups in total. The Labute approximate surface area is 133 Å². The summed E-state index contributed by atoms with van der Waals surface area (Å²) in [5, 5.41) is 11.0. The molecule has 1 atom stereocenters. The smallest absolute Gasteiger partial charge is 0.356 e. The molecule has 0 saturated heterocycles. The molecule has 0 bridgehead atoms. The zero-order chi connectivity index (χ0) is 17.4. The summed E-state index contributed by atoms with van der Waals surface area (Å²) in [6, 6.07) is 0. The molecule has 0 saturated carbocycles. The Balaban J connectivity index is 0. The van der Waals surface area contributed by atoms with Gasteiger partial charge < -0.3 is 19.9 Å². The number of esters is 1. The van der Waals surface area contributed by atoms with E-state index in [1.807, 2.05) is 5.32 Å². The van der Waals surface area contributed by atoms with E-state index in [-0.39, 0.29) is 6.10 Å². The van der Waals surface area contributed by atoms with Gasteiger partial charge in [0.15, 0.2) is 0 Å². The maximum atomic E-state index is 10.9. The summed E-state index contributed by atoms with van der Waals surface area (Å²) in [6.07, 6.45) is 3.90. The highest BCUT2D eigenvalue weighted by Gasteiger charge is 2.18. The predicted octanol–water partition coefficient (Wildman–Crippen LogP) is 2.16. The first kappa shape index (κ1) is 22.9. The van der Waals surface area contributed by atoms with Crippen molar-refractivity contribution in [3.63, 3.8) is 0 Å². The summed E-state index contributed by atoms with van der Waals surface area (Å²) in [4.78, 5) is 21.5. The van der Waals surface area contributed by atoms with E-state index in [1.165, 1.54) is 25.7 Å². The van der Waals surface area contributed by atoms with Crippen LogP contribution in [0.15, 0.2) is 12.7 Å². The number of rotatable bonds is 10. The second-order valence-corrected chi connectivity index (χ2v) is 4.92. The summed E-state index contributed by atoms with van der Waals surface area (Å²) in [5.41, 5.74) is 0. The molecule has 0 aromatic rings. The van der Waals surface area contributed by atoms with E-state index < -0.39 is 18.1 Å². The van der Waals surface area contributed by atoms with Crippen molar-refractivity contribution in [3.05, 3.63) is 12.7 Å². The Morgan fingerprint density at radius 1 is 1.18 bits per heavy atom. The van der Waals surface area contributed by atoms with Crippen LogP contribution in [-0.4, -0.2) is 42.5 Å². The molecule has 1 unspecified atom stereocenters. The highest BCUT2D eigenvalue weighted by molar-refractivity contribution is 5.90. The Kier molecular flexibility index (Phi) is 16.6. The lowest BCUT2D eigenvalue weighted by molar-refractivity contribution is -0.160. The summed E-state index contributed by atoms with van der Waals surface area (Å²) in [5.74, 6) is -1.52. The third-order valence-electron chi connectivity index (χ3n) is 2.32. The quantitative estimate of drug-likeness (QED) is 0.279. The van der Waals surface area contributed by atoms with Crippen LogP contribution >= 0.6 is 0 Å². The van der Waals surface area contributed by atoms with Gasteiger partial charge in [0.2, 0.25) is 12.1 Å². The minimum absolute atomic E-state index is 0.331. The predicted molar refractivity (Wildman–Crippen MR) is 86.2 cm³/mol. The molecule has 0 fully saturated rings. The van der Waals surface area contributed by atoms with E-state index in [4.69, 9.17) is 9.84 Å². The van der Waals surface area contributed by atoms with Gasteiger partial charge in [-0.2, -0.15) is 0 Å². The molecule has 0 radical (unpaired) electrons. The van der Waals surface area contributed by atoms with Gasteiger partial charge in [-0.05, 0) is 32.8 Å². The van der Waals surface area contributed by atoms with Gasteiger partial charge >= 0.3 is 5.97 Å². The molecule has 0 aliphatic heterocycles. The fraction of sp³-hybridized carbons (Fsp3) is 0.750. The molecule has 0 heterocycles. The summed E-state index contributed by atoms with van der Waals surface area (Å²) >= 11 is 0. The number of aliphatic hydroxyl groups excluding tert-OH is 1. The van der Waals surface area contributed by atoms with E-state index in [1.54, 1.807) is 13.8 Å². The van der Waals surface area contributed by atoms with Gasteiger partial charge in [-0.1, -0.05) is 33.3 Å². The van der Waals surface area contributed by atoms with Crippen LogP contribution in [0.4, 0.5) is 0 Å². The van der Waals surface area contributed by atoms with Gasteiger partial charge in [0, 0.05) is 13.2 Å². The lowest BCUT2D eigenvalue weighted by Gasteiger charge is -2.12. The molecule has 0 aromatic carbocycles. The topological polar surface area (TPSA) is 84.9 Å². The lowest BCUT2D eigenvalue weighted by atomic mass is 10.3. The fourth-order valence-electron chi connectivity index (χ4n) is 1.14. The average Bonchev–Trinajstić information content (AvgIpc) is 2.47. The van der Waals surface area contributed by atoms with E-state index in [9.17, 15) is 9.59 Å². The van der Waals surface area contributed by atoms with Crippen molar-refractivity contribution in [3.8, 4) is 0 Å². The van der Waals surface area contributed by atoms with Crippen LogP contribution in [0.1, 0.15) is 53.4 Å². The van der Waals surface area contributed by atoms with Gasteiger partial charge in [-0.25, -0.2) is 4.79 Å². The Hall–Kier alpha value is -1.40. The number of hydrogen-bond acceptors (Lipinski definition) is 5. The SMILES string of the molecule is C=CC(=O)NC(O)C(=O)OC(C)C.CCCCOCCCC. The third kappa shape index (κ3) is 16.7. The second-order valence-electron chi connectivity index (χ2n) is 4.92. The van der Waals surface area contributed by atoms with Crippen molar-refractivity contribution in [2.24, 2.45) is 0 Å². The third-order valence-corrected chi connectivity index (χ3v) is 2.32. The summed E-state index contributed by atoms with van der Waals surface area (Å²) in [7, 11) is 0. The van der Waals surface area contributed by atoms with E-state index >= 15 is 0 Å².